The number of nitrogens with zero attached hydrogens (tertiary/aromatic N) is 3. The van der Waals surface area contributed by atoms with E-state index < -0.39 is 0 Å². The third kappa shape index (κ3) is 3.31. The molecule has 0 aliphatic carbocycles. The number of aromatic nitrogens is 3. The molecule has 10 heavy (non-hydrogen) atoms. The lowest BCUT2D eigenvalue weighted by Crippen LogP contribution is -1.98. The first-order chi connectivity index (χ1) is 4.43. The van der Waals surface area contributed by atoms with Crippen LogP contribution in [0.2, 0.25) is 0 Å². The lowest BCUT2D eigenvalue weighted by molar-refractivity contribution is 0.583. The molecule has 1 aromatic rings. The van der Waals surface area contributed by atoms with Crippen molar-refractivity contribution in [2.45, 2.75) is 13.0 Å². The highest BCUT2D eigenvalue weighted by Gasteiger charge is 1.87. The maximum atomic E-state index is 3.80. The molecule has 0 radical (unpaired) electrons. The largest absolute Gasteiger partial charge is 0.253 e. The van der Waals surface area contributed by atoms with Gasteiger partial charge in [-0.3, -0.25) is 4.68 Å². The van der Waals surface area contributed by atoms with Crippen LogP contribution in [0.1, 0.15) is 6.42 Å². The van der Waals surface area contributed by atoms with E-state index in [0.717, 1.165) is 18.3 Å². The predicted molar refractivity (Wildman–Crippen MR) is 48.8 cm³/mol. The lowest BCUT2D eigenvalue weighted by Gasteiger charge is -1.93. The molecule has 1 heterocycles. The van der Waals surface area contributed by atoms with Gasteiger partial charge in [-0.25, -0.2) is 0 Å². The molecule has 0 N–H and O–H groups in total. The van der Waals surface area contributed by atoms with Gasteiger partial charge in [0.05, 0.1) is 6.20 Å². The van der Waals surface area contributed by atoms with E-state index in [-0.39, 0.29) is 17.0 Å². The second-order valence-corrected chi connectivity index (χ2v) is 2.50. The Balaban J connectivity index is 0.000000810. The molecule has 1 rings (SSSR count). The van der Waals surface area contributed by atoms with Gasteiger partial charge >= 0.3 is 0 Å². The standard InChI is InChI=1S/C5H8BrN3.BrH/c6-2-1-4-9-5-3-7-8-9;/h3,5H,1-2,4H2;1H. The van der Waals surface area contributed by atoms with Crippen molar-refractivity contribution in [2.75, 3.05) is 5.33 Å². The molecular formula is C5H9Br2N3. The van der Waals surface area contributed by atoms with Gasteiger partial charge in [-0.1, -0.05) is 21.1 Å². The molecule has 1 aromatic heterocycles. The molecule has 0 unspecified atom stereocenters. The molecule has 0 aromatic carbocycles. The number of hydrogen-bond donors (Lipinski definition) is 0. The highest BCUT2D eigenvalue weighted by molar-refractivity contribution is 9.09. The third-order valence-electron chi connectivity index (χ3n) is 0.993. The van der Waals surface area contributed by atoms with Crippen molar-refractivity contribution < 1.29 is 0 Å². The minimum atomic E-state index is 0. The van der Waals surface area contributed by atoms with Crippen LogP contribution in [0, 0.1) is 0 Å². The number of hydrogen-bond acceptors (Lipinski definition) is 2. The molecule has 0 fully saturated rings. The van der Waals surface area contributed by atoms with Gasteiger partial charge in [-0.05, 0) is 6.42 Å². The van der Waals surface area contributed by atoms with Gasteiger partial charge in [0, 0.05) is 18.1 Å². The summed E-state index contributed by atoms with van der Waals surface area (Å²) in [5.74, 6) is 0. The van der Waals surface area contributed by atoms with Gasteiger partial charge in [-0.2, -0.15) is 0 Å². The van der Waals surface area contributed by atoms with E-state index in [9.17, 15) is 0 Å². The summed E-state index contributed by atoms with van der Waals surface area (Å²) in [6.45, 7) is 0.950. The molecule has 0 aliphatic heterocycles. The molecule has 0 saturated heterocycles. The van der Waals surface area contributed by atoms with Crippen molar-refractivity contribution >= 4 is 32.9 Å². The quantitative estimate of drug-likeness (QED) is 0.782. The van der Waals surface area contributed by atoms with Crippen LogP contribution in [0.25, 0.3) is 0 Å². The first-order valence-corrected chi connectivity index (χ1v) is 3.95. The van der Waals surface area contributed by atoms with Crippen LogP contribution in [-0.2, 0) is 6.54 Å². The van der Waals surface area contributed by atoms with E-state index >= 15 is 0 Å². The van der Waals surface area contributed by atoms with Crippen LogP contribution in [0.15, 0.2) is 12.4 Å². The van der Waals surface area contributed by atoms with Crippen molar-refractivity contribution in [1.29, 1.82) is 0 Å². The monoisotopic (exact) mass is 269 g/mol. The fourth-order valence-corrected chi connectivity index (χ4v) is 0.825. The summed E-state index contributed by atoms with van der Waals surface area (Å²) in [5.41, 5.74) is 0. The molecule has 58 valence electrons. The van der Waals surface area contributed by atoms with Crippen molar-refractivity contribution in [3.63, 3.8) is 0 Å². The van der Waals surface area contributed by atoms with Gasteiger partial charge in [0.15, 0.2) is 0 Å². The van der Waals surface area contributed by atoms with Crippen LogP contribution >= 0.6 is 32.9 Å². The first kappa shape index (κ1) is 10.1. The topological polar surface area (TPSA) is 30.7 Å². The molecule has 5 heteroatoms. The van der Waals surface area contributed by atoms with E-state index in [4.69, 9.17) is 0 Å². The summed E-state index contributed by atoms with van der Waals surface area (Å²) in [4.78, 5) is 0. The predicted octanol–water partition coefficient (Wildman–Crippen LogP) is 1.64. The minimum absolute atomic E-state index is 0. The Bertz CT molecular complexity index is 152. The molecule has 3 nitrogen and oxygen atoms in total. The number of rotatable bonds is 3. The smallest absolute Gasteiger partial charge is 0.0692 e. The maximum absolute atomic E-state index is 3.80. The molecule has 0 aliphatic rings. The van der Waals surface area contributed by atoms with E-state index in [0.29, 0.717) is 0 Å². The Hall–Kier alpha value is 0.100. The molecule has 0 saturated carbocycles. The van der Waals surface area contributed by atoms with Gasteiger partial charge < -0.3 is 0 Å². The minimum Gasteiger partial charge on any atom is -0.253 e. The van der Waals surface area contributed by atoms with Gasteiger partial charge in [0.25, 0.3) is 0 Å². The second-order valence-electron chi connectivity index (χ2n) is 1.71. The Kier molecular flexibility index (Phi) is 5.91. The average molecular weight is 271 g/mol. The summed E-state index contributed by atoms with van der Waals surface area (Å²) in [7, 11) is 0. The van der Waals surface area contributed by atoms with Crippen LogP contribution in [0.3, 0.4) is 0 Å². The Morgan fingerprint density at radius 2 is 2.30 bits per heavy atom. The summed E-state index contributed by atoms with van der Waals surface area (Å²) in [6.07, 6.45) is 4.65. The van der Waals surface area contributed by atoms with Crippen LogP contribution in [0.4, 0.5) is 0 Å². The highest BCUT2D eigenvalue weighted by atomic mass is 79.9. The van der Waals surface area contributed by atoms with Crippen molar-refractivity contribution in [2.24, 2.45) is 0 Å². The van der Waals surface area contributed by atoms with Crippen LogP contribution < -0.4 is 0 Å². The van der Waals surface area contributed by atoms with Crippen molar-refractivity contribution in [3.8, 4) is 0 Å². The van der Waals surface area contributed by atoms with Gasteiger partial charge in [-0.15, -0.1) is 22.1 Å². The zero-order chi connectivity index (χ0) is 6.53. The summed E-state index contributed by atoms with van der Waals surface area (Å²) in [5, 5.41) is 8.49. The van der Waals surface area contributed by atoms with E-state index in [1.807, 2.05) is 10.9 Å². The normalized spacial score (nSPS) is 8.90. The van der Waals surface area contributed by atoms with Gasteiger partial charge in [0.1, 0.15) is 0 Å². The second kappa shape index (κ2) is 5.85. The Morgan fingerprint density at radius 3 is 2.80 bits per heavy atom. The van der Waals surface area contributed by atoms with E-state index in [2.05, 4.69) is 26.2 Å². The summed E-state index contributed by atoms with van der Waals surface area (Å²) >= 11 is 3.33. The van der Waals surface area contributed by atoms with Gasteiger partial charge in [0.2, 0.25) is 0 Å². The fraction of sp³-hybridized carbons (Fsp3) is 0.600. The molecule has 0 spiro atoms. The number of halogens is 2. The number of alkyl halides is 1. The molecule has 0 amide bonds. The van der Waals surface area contributed by atoms with Crippen LogP contribution in [0.5, 0.6) is 0 Å². The van der Waals surface area contributed by atoms with Crippen molar-refractivity contribution in [3.05, 3.63) is 12.4 Å². The molecule has 0 atom stereocenters. The van der Waals surface area contributed by atoms with E-state index in [1.54, 1.807) is 6.20 Å². The zero-order valence-electron chi connectivity index (χ0n) is 5.40. The average Bonchev–Trinajstić information content (AvgIpc) is 2.34. The van der Waals surface area contributed by atoms with Crippen molar-refractivity contribution in [1.82, 2.24) is 15.0 Å². The Morgan fingerprint density at radius 1 is 1.50 bits per heavy atom. The van der Waals surface area contributed by atoms with E-state index in [1.165, 1.54) is 0 Å². The molecule has 0 bridgehead atoms. The SMILES string of the molecule is Br.BrCCCn1ccnn1. The zero-order valence-corrected chi connectivity index (χ0v) is 8.70. The maximum Gasteiger partial charge on any atom is 0.0692 e. The molecular weight excluding hydrogens is 262 g/mol. The summed E-state index contributed by atoms with van der Waals surface area (Å²) < 4.78 is 1.82. The third-order valence-corrected chi connectivity index (χ3v) is 1.55. The number of aryl methyl sites for hydroxylation is 1. The lowest BCUT2D eigenvalue weighted by atomic mass is 10.5. The van der Waals surface area contributed by atoms with Crippen LogP contribution in [-0.4, -0.2) is 20.3 Å². The first-order valence-electron chi connectivity index (χ1n) is 2.83. The summed E-state index contributed by atoms with van der Waals surface area (Å²) in [6, 6.07) is 0. The fourth-order valence-electron chi connectivity index (χ4n) is 0.574. The highest BCUT2D eigenvalue weighted by Crippen LogP contribution is 1.90. The Labute approximate surface area is 78.7 Å².